The van der Waals surface area contributed by atoms with Gasteiger partial charge in [-0.25, -0.2) is 0 Å². The van der Waals surface area contributed by atoms with Gasteiger partial charge < -0.3 is 5.11 Å². The Morgan fingerprint density at radius 2 is 1.89 bits per heavy atom. The fourth-order valence-corrected chi connectivity index (χ4v) is 3.12. The Labute approximate surface area is 135 Å². The maximum Gasteiger partial charge on any atom is 0.129 e. The first kappa shape index (κ1) is 15.0. The summed E-state index contributed by atoms with van der Waals surface area (Å²) >= 11 is 5.74. The second kappa shape index (κ2) is 5.54. The van der Waals surface area contributed by atoms with E-state index in [9.17, 15) is 5.11 Å². The molecule has 2 rings (SSSR count). The number of aliphatic hydroxyl groups is 1. The van der Waals surface area contributed by atoms with Crippen molar-refractivity contribution in [1.29, 1.82) is 0 Å². The maximum absolute atomic E-state index is 11.0. The lowest BCUT2D eigenvalue weighted by molar-refractivity contribution is 0.0892. The first-order chi connectivity index (χ1) is 8.84. The molecule has 0 aliphatic heterocycles. The van der Waals surface area contributed by atoms with Crippen LogP contribution in [0.15, 0.2) is 34.9 Å². The molecule has 0 aliphatic carbocycles. The Balaban J connectivity index is 2.55. The second-order valence-electron chi connectivity index (χ2n) is 4.96. The second-order valence-corrected chi connectivity index (χ2v) is 7.06. The molecule has 5 heteroatoms. The molecule has 0 fully saturated rings. The summed E-state index contributed by atoms with van der Waals surface area (Å²) in [7, 11) is 0. The number of halogens is 2. The third-order valence-electron chi connectivity index (χ3n) is 3.11. The van der Waals surface area contributed by atoms with Crippen molar-refractivity contribution in [3.63, 3.8) is 0 Å². The van der Waals surface area contributed by atoms with Crippen LogP contribution < -0.4 is 0 Å². The summed E-state index contributed by atoms with van der Waals surface area (Å²) in [6.45, 7) is 5.90. The van der Waals surface area contributed by atoms with Crippen LogP contribution in [-0.4, -0.2) is 14.9 Å². The molecule has 0 saturated heterocycles. The van der Waals surface area contributed by atoms with Crippen LogP contribution in [0.25, 0.3) is 0 Å². The molecule has 102 valence electrons. The van der Waals surface area contributed by atoms with Crippen molar-refractivity contribution in [3.05, 3.63) is 49.8 Å². The Hall–Kier alpha value is -0.400. The van der Waals surface area contributed by atoms with Crippen LogP contribution in [0.3, 0.4) is 0 Å². The van der Waals surface area contributed by atoms with Crippen LogP contribution in [-0.2, 0) is 5.60 Å². The maximum atomic E-state index is 11.0. The molecule has 0 radical (unpaired) electrons. The molecule has 19 heavy (non-hydrogen) atoms. The lowest BCUT2D eigenvalue weighted by atomic mass is 9.92. The largest absolute Gasteiger partial charge is 0.379 e. The third-order valence-corrected chi connectivity index (χ3v) is 4.41. The van der Waals surface area contributed by atoms with Crippen molar-refractivity contribution in [2.75, 3.05) is 0 Å². The molecule has 0 aliphatic rings. The average molecular weight is 435 g/mol. The third kappa shape index (κ3) is 2.87. The van der Waals surface area contributed by atoms with Gasteiger partial charge in [0.1, 0.15) is 5.60 Å². The molecule has 0 amide bonds. The molecule has 0 spiro atoms. The summed E-state index contributed by atoms with van der Waals surface area (Å²) in [5.41, 5.74) is 0.559. The van der Waals surface area contributed by atoms with E-state index < -0.39 is 5.60 Å². The van der Waals surface area contributed by atoms with E-state index in [0.29, 0.717) is 0 Å². The molecular formula is C14H16BrIN2O. The zero-order valence-corrected chi connectivity index (χ0v) is 14.8. The molecule has 2 aromatic rings. The zero-order valence-electron chi connectivity index (χ0n) is 11.1. The highest BCUT2D eigenvalue weighted by Gasteiger charge is 2.32. The first-order valence-electron chi connectivity index (χ1n) is 6.06. The minimum Gasteiger partial charge on any atom is -0.379 e. The van der Waals surface area contributed by atoms with Gasteiger partial charge in [-0.05, 0) is 77.0 Å². The van der Waals surface area contributed by atoms with Crippen molar-refractivity contribution in [2.24, 2.45) is 0 Å². The SMILES string of the molecule is CC(C)n1ncc(Br)c1C(C)(O)c1ccc(I)cc1. The highest BCUT2D eigenvalue weighted by Crippen LogP contribution is 2.35. The first-order valence-corrected chi connectivity index (χ1v) is 7.93. The molecule has 1 unspecified atom stereocenters. The van der Waals surface area contributed by atoms with Crippen LogP contribution in [0.5, 0.6) is 0 Å². The zero-order chi connectivity index (χ0) is 14.2. The van der Waals surface area contributed by atoms with Gasteiger partial charge in [0.2, 0.25) is 0 Å². The van der Waals surface area contributed by atoms with Crippen molar-refractivity contribution in [2.45, 2.75) is 32.4 Å². The summed E-state index contributed by atoms with van der Waals surface area (Å²) < 4.78 is 3.82. The van der Waals surface area contributed by atoms with E-state index in [4.69, 9.17) is 0 Å². The van der Waals surface area contributed by atoms with Crippen LogP contribution in [0.4, 0.5) is 0 Å². The van der Waals surface area contributed by atoms with E-state index in [0.717, 1.165) is 19.3 Å². The minimum absolute atomic E-state index is 0.191. The summed E-state index contributed by atoms with van der Waals surface area (Å²) in [5, 5.41) is 15.3. The molecule has 1 heterocycles. The summed E-state index contributed by atoms with van der Waals surface area (Å²) in [6, 6.07) is 8.08. The van der Waals surface area contributed by atoms with Gasteiger partial charge in [0.25, 0.3) is 0 Å². The Bertz CT molecular complexity index is 576. The minimum atomic E-state index is -1.08. The van der Waals surface area contributed by atoms with Gasteiger partial charge in [0, 0.05) is 9.61 Å². The van der Waals surface area contributed by atoms with E-state index in [1.807, 2.05) is 42.8 Å². The predicted molar refractivity (Wildman–Crippen MR) is 88.1 cm³/mol. The number of benzene rings is 1. The Kier molecular flexibility index (Phi) is 4.37. The quantitative estimate of drug-likeness (QED) is 0.739. The molecule has 1 aromatic heterocycles. The van der Waals surface area contributed by atoms with Crippen LogP contribution in [0.1, 0.15) is 38.1 Å². The highest BCUT2D eigenvalue weighted by molar-refractivity contribution is 14.1. The van der Waals surface area contributed by atoms with Crippen LogP contribution in [0, 0.1) is 3.57 Å². The smallest absolute Gasteiger partial charge is 0.129 e. The molecule has 0 saturated carbocycles. The number of hydrogen-bond donors (Lipinski definition) is 1. The Morgan fingerprint density at radius 1 is 1.32 bits per heavy atom. The van der Waals surface area contributed by atoms with Crippen molar-refractivity contribution in [1.82, 2.24) is 9.78 Å². The number of aromatic nitrogens is 2. The van der Waals surface area contributed by atoms with Gasteiger partial charge in [-0.2, -0.15) is 5.10 Å². The van der Waals surface area contributed by atoms with Gasteiger partial charge >= 0.3 is 0 Å². The fourth-order valence-electron chi connectivity index (χ4n) is 2.10. The normalized spacial score (nSPS) is 14.7. The summed E-state index contributed by atoms with van der Waals surface area (Å²) in [4.78, 5) is 0. The van der Waals surface area contributed by atoms with Gasteiger partial charge in [-0.1, -0.05) is 12.1 Å². The highest BCUT2D eigenvalue weighted by atomic mass is 127. The lowest BCUT2D eigenvalue weighted by Crippen LogP contribution is -2.28. The molecular weight excluding hydrogens is 419 g/mol. The van der Waals surface area contributed by atoms with E-state index in [1.54, 1.807) is 13.1 Å². The van der Waals surface area contributed by atoms with Gasteiger partial charge in [-0.3, -0.25) is 4.68 Å². The van der Waals surface area contributed by atoms with Crippen LogP contribution in [0.2, 0.25) is 0 Å². The van der Waals surface area contributed by atoms with E-state index in [-0.39, 0.29) is 6.04 Å². The summed E-state index contributed by atoms with van der Waals surface area (Å²) in [5.74, 6) is 0. The monoisotopic (exact) mass is 434 g/mol. The molecule has 1 atom stereocenters. The standard InChI is InChI=1S/C14H16BrIN2O/c1-9(2)18-13(12(15)8-17-18)14(3,19)10-4-6-11(16)7-5-10/h4-9,19H,1-3H3. The van der Waals surface area contributed by atoms with Gasteiger partial charge in [0.15, 0.2) is 0 Å². The molecule has 0 bridgehead atoms. The average Bonchev–Trinajstić information content (AvgIpc) is 2.72. The number of nitrogens with zero attached hydrogens (tertiary/aromatic N) is 2. The number of rotatable bonds is 3. The summed E-state index contributed by atoms with van der Waals surface area (Å²) in [6.07, 6.45) is 1.73. The molecule has 3 nitrogen and oxygen atoms in total. The van der Waals surface area contributed by atoms with Crippen molar-refractivity contribution in [3.8, 4) is 0 Å². The van der Waals surface area contributed by atoms with Crippen LogP contribution >= 0.6 is 38.5 Å². The van der Waals surface area contributed by atoms with E-state index in [2.05, 4.69) is 43.6 Å². The van der Waals surface area contributed by atoms with Gasteiger partial charge in [-0.15, -0.1) is 0 Å². The van der Waals surface area contributed by atoms with Crippen molar-refractivity contribution < 1.29 is 5.11 Å². The fraction of sp³-hybridized carbons (Fsp3) is 0.357. The molecule has 1 aromatic carbocycles. The molecule has 1 N–H and O–H groups in total. The Morgan fingerprint density at radius 3 is 2.42 bits per heavy atom. The topological polar surface area (TPSA) is 38.0 Å². The number of hydrogen-bond acceptors (Lipinski definition) is 2. The van der Waals surface area contributed by atoms with Gasteiger partial charge in [0.05, 0.1) is 16.4 Å². The van der Waals surface area contributed by atoms with E-state index in [1.165, 1.54) is 0 Å². The van der Waals surface area contributed by atoms with Crippen molar-refractivity contribution >= 4 is 38.5 Å². The van der Waals surface area contributed by atoms with E-state index >= 15 is 0 Å². The lowest BCUT2D eigenvalue weighted by Gasteiger charge is -2.27. The predicted octanol–water partition coefficient (Wildman–Crippen LogP) is 4.09.